The Morgan fingerprint density at radius 3 is 2.58 bits per heavy atom. The van der Waals surface area contributed by atoms with Crippen molar-refractivity contribution in [3.63, 3.8) is 0 Å². The van der Waals surface area contributed by atoms with E-state index in [4.69, 9.17) is 22.1 Å². The highest BCUT2D eigenvalue weighted by Crippen LogP contribution is 2.27. The minimum atomic E-state index is 0.0409. The molecule has 0 spiro atoms. The molecule has 0 aliphatic carbocycles. The molecule has 0 radical (unpaired) electrons. The third-order valence-corrected chi connectivity index (χ3v) is 3.02. The second-order valence-electron chi connectivity index (χ2n) is 4.06. The van der Waals surface area contributed by atoms with E-state index in [9.17, 15) is 0 Å². The predicted octanol–water partition coefficient (Wildman–Crippen LogP) is 2.89. The van der Waals surface area contributed by atoms with Gasteiger partial charge in [-0.1, -0.05) is 23.7 Å². The number of nitrogen functional groups attached to an aromatic ring is 1. The number of halogens is 1. The molecule has 6 heteroatoms. The highest BCUT2D eigenvalue weighted by Gasteiger charge is 2.12. The fourth-order valence-electron chi connectivity index (χ4n) is 1.70. The van der Waals surface area contributed by atoms with E-state index in [0.29, 0.717) is 22.4 Å². The number of methoxy groups -OCH3 is 1. The molecule has 1 heterocycles. The number of nitrogens with two attached hydrogens (primary N) is 1. The third kappa shape index (κ3) is 3.06. The second-order valence-corrected chi connectivity index (χ2v) is 4.50. The van der Waals surface area contributed by atoms with Gasteiger partial charge in [0.1, 0.15) is 12.0 Å². The molecule has 1 atom stereocenters. The fraction of sp³-hybridized carbons (Fsp3) is 0.231. The van der Waals surface area contributed by atoms with Crippen LogP contribution < -0.4 is 15.8 Å². The molecule has 0 saturated heterocycles. The Morgan fingerprint density at radius 1 is 1.26 bits per heavy atom. The van der Waals surface area contributed by atoms with E-state index in [1.165, 1.54) is 13.4 Å². The van der Waals surface area contributed by atoms with Crippen LogP contribution >= 0.6 is 11.6 Å². The molecule has 3 N–H and O–H groups in total. The van der Waals surface area contributed by atoms with Crippen LogP contribution in [0.4, 0.5) is 11.5 Å². The smallest absolute Gasteiger partial charge is 0.242 e. The maximum atomic E-state index is 5.91. The van der Waals surface area contributed by atoms with E-state index in [1.54, 1.807) is 0 Å². The Bertz CT molecular complexity index is 559. The number of benzene rings is 1. The molecule has 0 fully saturated rings. The summed E-state index contributed by atoms with van der Waals surface area (Å²) in [6, 6.07) is 7.64. The summed E-state index contributed by atoms with van der Waals surface area (Å²) >= 11 is 5.86. The summed E-state index contributed by atoms with van der Waals surface area (Å²) in [5.41, 5.74) is 7.39. The van der Waals surface area contributed by atoms with Gasteiger partial charge < -0.3 is 15.8 Å². The molecular formula is C13H15ClN4O. The van der Waals surface area contributed by atoms with Crippen LogP contribution in [0, 0.1) is 0 Å². The van der Waals surface area contributed by atoms with E-state index < -0.39 is 0 Å². The number of rotatable bonds is 4. The highest BCUT2D eigenvalue weighted by molar-refractivity contribution is 6.30. The molecule has 100 valence electrons. The summed E-state index contributed by atoms with van der Waals surface area (Å²) in [4.78, 5) is 8.05. The van der Waals surface area contributed by atoms with Crippen molar-refractivity contribution < 1.29 is 4.74 Å². The second kappa shape index (κ2) is 5.75. The summed E-state index contributed by atoms with van der Waals surface area (Å²) in [5, 5.41) is 3.93. The average Bonchev–Trinajstić information content (AvgIpc) is 2.42. The summed E-state index contributed by atoms with van der Waals surface area (Å²) in [7, 11) is 1.52. The number of nitrogens with zero attached hydrogens (tertiary/aromatic N) is 2. The van der Waals surface area contributed by atoms with Crippen molar-refractivity contribution in [1.82, 2.24) is 9.97 Å². The average molecular weight is 279 g/mol. The first kappa shape index (κ1) is 13.4. The zero-order valence-corrected chi connectivity index (χ0v) is 11.5. The zero-order chi connectivity index (χ0) is 13.8. The molecule has 0 bridgehead atoms. The monoisotopic (exact) mass is 278 g/mol. The maximum absolute atomic E-state index is 5.91. The van der Waals surface area contributed by atoms with Gasteiger partial charge in [0, 0.05) is 5.02 Å². The Labute approximate surface area is 116 Å². The van der Waals surface area contributed by atoms with Gasteiger partial charge in [-0.05, 0) is 24.6 Å². The lowest BCUT2D eigenvalue weighted by Gasteiger charge is -2.16. The molecule has 0 saturated carbocycles. The molecule has 0 aliphatic rings. The van der Waals surface area contributed by atoms with E-state index in [-0.39, 0.29) is 6.04 Å². The van der Waals surface area contributed by atoms with Crippen LogP contribution in [0.5, 0.6) is 5.88 Å². The first-order valence-electron chi connectivity index (χ1n) is 5.78. The van der Waals surface area contributed by atoms with Crippen LogP contribution in [0.3, 0.4) is 0 Å². The van der Waals surface area contributed by atoms with Crippen molar-refractivity contribution in [1.29, 1.82) is 0 Å². The van der Waals surface area contributed by atoms with Gasteiger partial charge in [-0.3, -0.25) is 0 Å². The van der Waals surface area contributed by atoms with Crippen LogP contribution in [-0.4, -0.2) is 17.1 Å². The maximum Gasteiger partial charge on any atom is 0.242 e. The summed E-state index contributed by atoms with van der Waals surface area (Å²) < 4.78 is 5.06. The molecule has 0 amide bonds. The van der Waals surface area contributed by atoms with Gasteiger partial charge in [-0.2, -0.15) is 4.98 Å². The van der Waals surface area contributed by atoms with E-state index >= 15 is 0 Å². The molecule has 1 unspecified atom stereocenters. The molecule has 2 rings (SSSR count). The lowest BCUT2D eigenvalue weighted by atomic mass is 10.1. The largest absolute Gasteiger partial charge is 0.479 e. The fourth-order valence-corrected chi connectivity index (χ4v) is 1.82. The molecule has 5 nitrogen and oxygen atoms in total. The van der Waals surface area contributed by atoms with E-state index in [1.807, 2.05) is 31.2 Å². The topological polar surface area (TPSA) is 73.1 Å². The van der Waals surface area contributed by atoms with Gasteiger partial charge in [-0.15, -0.1) is 0 Å². The minimum absolute atomic E-state index is 0.0409. The Morgan fingerprint density at radius 2 is 1.95 bits per heavy atom. The van der Waals surface area contributed by atoms with Crippen molar-refractivity contribution in [2.75, 3.05) is 18.2 Å². The van der Waals surface area contributed by atoms with Crippen molar-refractivity contribution >= 4 is 23.1 Å². The van der Waals surface area contributed by atoms with Gasteiger partial charge in [0.15, 0.2) is 5.82 Å². The number of nitrogens with one attached hydrogen (secondary N) is 1. The first-order valence-corrected chi connectivity index (χ1v) is 6.16. The van der Waals surface area contributed by atoms with Gasteiger partial charge in [0.2, 0.25) is 5.88 Å². The molecule has 19 heavy (non-hydrogen) atoms. The zero-order valence-electron chi connectivity index (χ0n) is 10.7. The number of aromatic nitrogens is 2. The lowest BCUT2D eigenvalue weighted by molar-refractivity contribution is 0.399. The Kier molecular flexibility index (Phi) is 4.06. The molecule has 1 aromatic heterocycles. The van der Waals surface area contributed by atoms with Crippen LogP contribution in [-0.2, 0) is 0 Å². The SMILES string of the molecule is COc1ncnc(NC(C)c2ccc(Cl)cc2)c1N. The van der Waals surface area contributed by atoms with Gasteiger partial charge in [0.05, 0.1) is 13.2 Å². The molecule has 1 aromatic carbocycles. The molecular weight excluding hydrogens is 264 g/mol. The van der Waals surface area contributed by atoms with Crippen LogP contribution in [0.15, 0.2) is 30.6 Å². The van der Waals surface area contributed by atoms with Crippen LogP contribution in [0.1, 0.15) is 18.5 Å². The highest BCUT2D eigenvalue weighted by atomic mass is 35.5. The molecule has 0 aliphatic heterocycles. The summed E-state index contributed by atoms with van der Waals surface area (Å²) in [5.74, 6) is 0.912. The predicted molar refractivity (Wildman–Crippen MR) is 76.5 cm³/mol. The number of anilines is 2. The third-order valence-electron chi connectivity index (χ3n) is 2.76. The summed E-state index contributed by atoms with van der Waals surface area (Å²) in [6.45, 7) is 2.01. The van der Waals surface area contributed by atoms with Crippen LogP contribution in [0.2, 0.25) is 5.02 Å². The van der Waals surface area contributed by atoms with Crippen molar-refractivity contribution in [2.24, 2.45) is 0 Å². The van der Waals surface area contributed by atoms with Gasteiger partial charge >= 0.3 is 0 Å². The standard InChI is InChI=1S/C13H15ClN4O/c1-8(9-3-5-10(14)6-4-9)18-12-11(15)13(19-2)17-7-16-12/h3-8H,15H2,1-2H3,(H,16,17,18). The van der Waals surface area contributed by atoms with E-state index in [0.717, 1.165) is 5.56 Å². The van der Waals surface area contributed by atoms with E-state index in [2.05, 4.69) is 15.3 Å². The van der Waals surface area contributed by atoms with Gasteiger partial charge in [0.25, 0.3) is 0 Å². The number of hydrogen-bond donors (Lipinski definition) is 2. The lowest BCUT2D eigenvalue weighted by Crippen LogP contribution is -2.11. The molecule has 2 aromatic rings. The number of ether oxygens (including phenoxy) is 1. The quantitative estimate of drug-likeness (QED) is 0.900. The minimum Gasteiger partial charge on any atom is -0.479 e. The normalized spacial score (nSPS) is 11.9. The number of hydrogen-bond acceptors (Lipinski definition) is 5. The van der Waals surface area contributed by atoms with Gasteiger partial charge in [-0.25, -0.2) is 4.98 Å². The Balaban J connectivity index is 2.19. The van der Waals surface area contributed by atoms with Crippen molar-refractivity contribution in [2.45, 2.75) is 13.0 Å². The first-order chi connectivity index (χ1) is 9.11. The van der Waals surface area contributed by atoms with Crippen LogP contribution in [0.25, 0.3) is 0 Å². The van der Waals surface area contributed by atoms with Crippen molar-refractivity contribution in [3.05, 3.63) is 41.2 Å². The summed E-state index contributed by atoms with van der Waals surface area (Å²) in [6.07, 6.45) is 1.41. The Hall–Kier alpha value is -2.01. The van der Waals surface area contributed by atoms with Crippen molar-refractivity contribution in [3.8, 4) is 5.88 Å².